The third-order valence-corrected chi connectivity index (χ3v) is 2.77. The molecule has 0 amide bonds. The first kappa shape index (κ1) is 13.5. The predicted molar refractivity (Wildman–Crippen MR) is 66.0 cm³/mol. The van der Waals surface area contributed by atoms with E-state index in [2.05, 4.69) is 17.3 Å². The van der Waals surface area contributed by atoms with Crippen LogP contribution in [0, 0.1) is 6.92 Å². The summed E-state index contributed by atoms with van der Waals surface area (Å²) < 4.78 is 7.07. The minimum absolute atomic E-state index is 0.197. The molecule has 1 aromatic rings. The Balaban J connectivity index is 2.61. The van der Waals surface area contributed by atoms with Gasteiger partial charge in [-0.05, 0) is 19.9 Å². The number of ether oxygens (including phenoxy) is 1. The minimum Gasteiger partial charge on any atom is -0.382 e. The highest BCUT2D eigenvalue weighted by molar-refractivity contribution is 6.31. The monoisotopic (exact) mass is 245 g/mol. The Labute approximate surface area is 102 Å². The molecular formula is C11H20ClN3O. The Morgan fingerprint density at radius 2 is 2.38 bits per heavy atom. The van der Waals surface area contributed by atoms with E-state index in [4.69, 9.17) is 16.3 Å². The molecule has 1 N–H and O–H groups in total. The molecule has 0 aliphatic carbocycles. The molecule has 1 aromatic heterocycles. The van der Waals surface area contributed by atoms with Crippen LogP contribution in [-0.2, 0) is 4.74 Å². The average Bonchev–Trinajstić information content (AvgIpc) is 2.58. The van der Waals surface area contributed by atoms with Gasteiger partial charge in [0.2, 0.25) is 0 Å². The van der Waals surface area contributed by atoms with Gasteiger partial charge >= 0.3 is 0 Å². The number of methoxy groups -OCH3 is 1. The molecule has 1 unspecified atom stereocenters. The molecule has 0 aliphatic rings. The number of nitrogens with zero attached hydrogens (tertiary/aromatic N) is 2. The molecule has 1 rings (SSSR count). The molecule has 0 aliphatic heterocycles. The lowest BCUT2D eigenvalue weighted by atomic mass is 10.3. The van der Waals surface area contributed by atoms with Gasteiger partial charge in [0.1, 0.15) is 0 Å². The topological polar surface area (TPSA) is 39.1 Å². The lowest BCUT2D eigenvalue weighted by Gasteiger charge is -2.17. The van der Waals surface area contributed by atoms with Gasteiger partial charge in [0, 0.05) is 19.9 Å². The number of hydrogen-bond acceptors (Lipinski definition) is 3. The lowest BCUT2D eigenvalue weighted by molar-refractivity contribution is 0.148. The van der Waals surface area contributed by atoms with Crippen molar-refractivity contribution >= 4 is 11.6 Å². The summed E-state index contributed by atoms with van der Waals surface area (Å²) in [5.41, 5.74) is 0.860. The number of rotatable bonds is 7. The van der Waals surface area contributed by atoms with Crippen LogP contribution in [-0.4, -0.2) is 36.6 Å². The molecular weight excluding hydrogens is 226 g/mol. The normalized spacial score (nSPS) is 13.0. The van der Waals surface area contributed by atoms with Gasteiger partial charge in [0.25, 0.3) is 0 Å². The van der Waals surface area contributed by atoms with Crippen LogP contribution in [0.3, 0.4) is 0 Å². The zero-order chi connectivity index (χ0) is 12.0. The van der Waals surface area contributed by atoms with Crippen molar-refractivity contribution in [3.63, 3.8) is 0 Å². The summed E-state index contributed by atoms with van der Waals surface area (Å²) in [6, 6.07) is 0.197. The Morgan fingerprint density at radius 1 is 1.62 bits per heavy atom. The van der Waals surface area contributed by atoms with Crippen molar-refractivity contribution in [1.29, 1.82) is 0 Å². The fraction of sp³-hybridized carbons (Fsp3) is 0.727. The Hall–Kier alpha value is -0.580. The van der Waals surface area contributed by atoms with Gasteiger partial charge in [-0.25, -0.2) is 0 Å². The molecule has 0 aromatic carbocycles. The van der Waals surface area contributed by atoms with E-state index < -0.39 is 0 Å². The first-order chi connectivity index (χ1) is 7.69. The molecule has 0 radical (unpaired) electrons. The van der Waals surface area contributed by atoms with Gasteiger partial charge in [-0.15, -0.1) is 0 Å². The van der Waals surface area contributed by atoms with Crippen molar-refractivity contribution in [2.75, 3.05) is 26.8 Å². The maximum atomic E-state index is 5.99. The number of hydrogen-bond donors (Lipinski definition) is 1. The van der Waals surface area contributed by atoms with Crippen LogP contribution in [0.1, 0.15) is 25.1 Å². The van der Waals surface area contributed by atoms with Crippen LogP contribution >= 0.6 is 11.6 Å². The SMILES string of the molecule is CCCNCC(COC)n1cc(Cl)c(C)n1. The quantitative estimate of drug-likeness (QED) is 0.748. The highest BCUT2D eigenvalue weighted by Crippen LogP contribution is 2.15. The molecule has 4 nitrogen and oxygen atoms in total. The van der Waals surface area contributed by atoms with E-state index in [1.807, 2.05) is 17.8 Å². The van der Waals surface area contributed by atoms with Gasteiger partial charge in [0.05, 0.1) is 23.4 Å². The third kappa shape index (κ3) is 3.77. The molecule has 0 spiro atoms. The summed E-state index contributed by atoms with van der Waals surface area (Å²) in [6.45, 7) is 6.54. The zero-order valence-electron chi connectivity index (χ0n) is 10.2. The van der Waals surface area contributed by atoms with E-state index >= 15 is 0 Å². The summed E-state index contributed by atoms with van der Waals surface area (Å²) in [6.07, 6.45) is 2.98. The fourth-order valence-electron chi connectivity index (χ4n) is 1.51. The van der Waals surface area contributed by atoms with E-state index in [0.717, 1.165) is 25.2 Å². The predicted octanol–water partition coefficient (Wildman–Crippen LogP) is 2.03. The summed E-state index contributed by atoms with van der Waals surface area (Å²) in [7, 11) is 1.70. The van der Waals surface area contributed by atoms with E-state index in [0.29, 0.717) is 11.6 Å². The molecule has 92 valence electrons. The van der Waals surface area contributed by atoms with Crippen molar-refractivity contribution in [3.05, 3.63) is 16.9 Å². The Morgan fingerprint density at radius 3 is 2.88 bits per heavy atom. The summed E-state index contributed by atoms with van der Waals surface area (Å²) in [5, 5.41) is 8.44. The number of aryl methyl sites for hydroxylation is 1. The summed E-state index contributed by atoms with van der Waals surface area (Å²) >= 11 is 5.99. The van der Waals surface area contributed by atoms with Gasteiger partial charge in [-0.2, -0.15) is 5.10 Å². The van der Waals surface area contributed by atoms with Crippen LogP contribution in [0.2, 0.25) is 5.02 Å². The Bertz CT molecular complexity index is 295. The van der Waals surface area contributed by atoms with Crippen molar-refractivity contribution in [1.82, 2.24) is 15.1 Å². The van der Waals surface area contributed by atoms with Gasteiger partial charge in [0.15, 0.2) is 0 Å². The van der Waals surface area contributed by atoms with Crippen LogP contribution < -0.4 is 5.32 Å². The molecule has 0 saturated heterocycles. The first-order valence-electron chi connectivity index (χ1n) is 5.60. The second-order valence-corrected chi connectivity index (χ2v) is 4.26. The molecule has 1 heterocycles. The Kier molecular flexibility index (Phi) is 5.80. The molecule has 5 heteroatoms. The van der Waals surface area contributed by atoms with Crippen molar-refractivity contribution in [3.8, 4) is 0 Å². The van der Waals surface area contributed by atoms with Crippen LogP contribution in [0.15, 0.2) is 6.20 Å². The molecule has 1 atom stereocenters. The van der Waals surface area contributed by atoms with Crippen molar-refractivity contribution in [2.45, 2.75) is 26.3 Å². The molecule has 16 heavy (non-hydrogen) atoms. The van der Waals surface area contributed by atoms with E-state index in [1.54, 1.807) is 7.11 Å². The number of halogens is 1. The second-order valence-electron chi connectivity index (χ2n) is 3.86. The van der Waals surface area contributed by atoms with Gasteiger partial charge in [-0.1, -0.05) is 18.5 Å². The largest absolute Gasteiger partial charge is 0.382 e. The highest BCUT2D eigenvalue weighted by atomic mass is 35.5. The molecule has 0 bridgehead atoms. The van der Waals surface area contributed by atoms with Crippen LogP contribution in [0.4, 0.5) is 0 Å². The summed E-state index contributed by atoms with van der Waals surface area (Å²) in [5.74, 6) is 0. The smallest absolute Gasteiger partial charge is 0.0877 e. The number of aromatic nitrogens is 2. The average molecular weight is 246 g/mol. The second kappa shape index (κ2) is 6.89. The first-order valence-corrected chi connectivity index (χ1v) is 5.97. The molecule has 0 saturated carbocycles. The van der Waals surface area contributed by atoms with E-state index in [1.165, 1.54) is 0 Å². The van der Waals surface area contributed by atoms with Gasteiger partial charge in [-0.3, -0.25) is 4.68 Å². The van der Waals surface area contributed by atoms with Crippen LogP contribution in [0.25, 0.3) is 0 Å². The van der Waals surface area contributed by atoms with Crippen molar-refractivity contribution < 1.29 is 4.74 Å². The van der Waals surface area contributed by atoms with E-state index in [9.17, 15) is 0 Å². The van der Waals surface area contributed by atoms with E-state index in [-0.39, 0.29) is 6.04 Å². The third-order valence-electron chi connectivity index (χ3n) is 2.40. The minimum atomic E-state index is 0.197. The highest BCUT2D eigenvalue weighted by Gasteiger charge is 2.13. The maximum Gasteiger partial charge on any atom is 0.0877 e. The fourth-order valence-corrected chi connectivity index (χ4v) is 1.65. The van der Waals surface area contributed by atoms with Crippen molar-refractivity contribution in [2.24, 2.45) is 0 Å². The lowest BCUT2D eigenvalue weighted by Crippen LogP contribution is -2.29. The zero-order valence-corrected chi connectivity index (χ0v) is 10.9. The van der Waals surface area contributed by atoms with Crippen LogP contribution in [0.5, 0.6) is 0 Å². The summed E-state index contributed by atoms with van der Waals surface area (Å²) in [4.78, 5) is 0. The number of nitrogens with one attached hydrogen (secondary N) is 1. The molecule has 0 fully saturated rings. The van der Waals surface area contributed by atoms with Gasteiger partial charge < -0.3 is 10.1 Å². The maximum absolute atomic E-state index is 5.99. The standard InChI is InChI=1S/C11H20ClN3O/c1-4-5-13-6-10(8-16-3)15-7-11(12)9(2)14-15/h7,10,13H,4-6,8H2,1-3H3.